The summed E-state index contributed by atoms with van der Waals surface area (Å²) >= 11 is 0. The van der Waals surface area contributed by atoms with Crippen molar-refractivity contribution in [2.75, 3.05) is 12.4 Å². The second-order valence-electron chi connectivity index (χ2n) is 5.18. The fourth-order valence-electron chi connectivity index (χ4n) is 1.64. The third-order valence-corrected chi connectivity index (χ3v) is 2.94. The largest absolute Gasteiger partial charge is 0.326 e. The molecule has 17 heavy (non-hydrogen) atoms. The first-order chi connectivity index (χ1) is 7.84. The van der Waals surface area contributed by atoms with Gasteiger partial charge in [-0.1, -0.05) is 17.7 Å². The van der Waals surface area contributed by atoms with Crippen LogP contribution in [-0.4, -0.2) is 18.5 Å². The lowest BCUT2D eigenvalue weighted by Crippen LogP contribution is -2.39. The fraction of sp³-hybridized carbons (Fsp3) is 0.500. The molecule has 0 unspecified atom stereocenters. The van der Waals surface area contributed by atoms with E-state index in [1.165, 1.54) is 5.56 Å². The molecule has 0 bridgehead atoms. The van der Waals surface area contributed by atoms with Crippen molar-refractivity contribution in [2.45, 2.75) is 39.7 Å². The number of benzene rings is 1. The van der Waals surface area contributed by atoms with Crippen LogP contribution >= 0.6 is 0 Å². The van der Waals surface area contributed by atoms with Gasteiger partial charge in [0.15, 0.2) is 0 Å². The highest BCUT2D eigenvalue weighted by Crippen LogP contribution is 2.17. The number of carbonyl (C=O) groups is 1. The maximum atomic E-state index is 11.9. The molecule has 1 amide bonds. The Bertz CT molecular complexity index is 411. The predicted molar refractivity (Wildman–Crippen MR) is 72.3 cm³/mol. The molecule has 1 rings (SSSR count). The summed E-state index contributed by atoms with van der Waals surface area (Å²) in [7, 11) is 1.87. The number of carbonyl (C=O) groups excluding carboxylic acids is 1. The number of hydrogen-bond acceptors (Lipinski definition) is 2. The van der Waals surface area contributed by atoms with Crippen molar-refractivity contribution in [3.8, 4) is 0 Å². The standard InChI is InChI=1S/C14H22N2O/c1-10-6-7-12(11(2)8-10)16-13(17)9-14(3,4)15-5/h6-8,15H,9H2,1-5H3,(H,16,17). The zero-order valence-electron chi connectivity index (χ0n) is 11.3. The highest BCUT2D eigenvalue weighted by Gasteiger charge is 2.19. The first-order valence-corrected chi connectivity index (χ1v) is 5.90. The molecule has 0 fully saturated rings. The number of rotatable bonds is 4. The highest BCUT2D eigenvalue weighted by molar-refractivity contribution is 5.92. The predicted octanol–water partition coefficient (Wildman–Crippen LogP) is 2.63. The summed E-state index contributed by atoms with van der Waals surface area (Å²) in [6.45, 7) is 8.07. The van der Waals surface area contributed by atoms with Crippen molar-refractivity contribution >= 4 is 11.6 Å². The molecule has 0 aromatic heterocycles. The molecule has 0 atom stereocenters. The van der Waals surface area contributed by atoms with Gasteiger partial charge in [0.1, 0.15) is 0 Å². The van der Waals surface area contributed by atoms with Crippen LogP contribution < -0.4 is 10.6 Å². The van der Waals surface area contributed by atoms with Gasteiger partial charge in [-0.15, -0.1) is 0 Å². The lowest BCUT2D eigenvalue weighted by atomic mass is 10.0. The van der Waals surface area contributed by atoms with E-state index in [0.717, 1.165) is 11.3 Å². The number of aryl methyl sites for hydroxylation is 2. The van der Waals surface area contributed by atoms with Gasteiger partial charge in [0.25, 0.3) is 0 Å². The smallest absolute Gasteiger partial charge is 0.226 e. The zero-order valence-corrected chi connectivity index (χ0v) is 11.3. The van der Waals surface area contributed by atoms with Crippen LogP contribution in [0, 0.1) is 13.8 Å². The molecule has 94 valence electrons. The van der Waals surface area contributed by atoms with E-state index in [2.05, 4.69) is 16.7 Å². The minimum atomic E-state index is -0.178. The highest BCUT2D eigenvalue weighted by atomic mass is 16.1. The molecule has 0 heterocycles. The molecule has 3 nitrogen and oxygen atoms in total. The van der Waals surface area contributed by atoms with E-state index >= 15 is 0 Å². The summed E-state index contributed by atoms with van der Waals surface area (Å²) in [5, 5.41) is 6.07. The first-order valence-electron chi connectivity index (χ1n) is 5.90. The van der Waals surface area contributed by atoms with E-state index in [-0.39, 0.29) is 11.4 Å². The molecule has 0 aliphatic rings. The second-order valence-corrected chi connectivity index (χ2v) is 5.18. The van der Waals surface area contributed by atoms with Gasteiger partial charge in [-0.2, -0.15) is 0 Å². The van der Waals surface area contributed by atoms with Crippen LogP contribution in [0.4, 0.5) is 5.69 Å². The third kappa shape index (κ3) is 4.19. The van der Waals surface area contributed by atoms with Gasteiger partial charge in [0.05, 0.1) is 0 Å². The topological polar surface area (TPSA) is 41.1 Å². The van der Waals surface area contributed by atoms with Crippen molar-refractivity contribution < 1.29 is 4.79 Å². The molecule has 0 radical (unpaired) electrons. The molecule has 1 aromatic carbocycles. The van der Waals surface area contributed by atoms with Crippen LogP contribution in [0.2, 0.25) is 0 Å². The second kappa shape index (κ2) is 5.32. The molecule has 0 saturated heterocycles. The summed E-state index contributed by atoms with van der Waals surface area (Å²) in [6.07, 6.45) is 0.455. The molecule has 0 aliphatic carbocycles. The number of hydrogen-bond donors (Lipinski definition) is 2. The normalized spacial score (nSPS) is 11.4. The average Bonchev–Trinajstić information content (AvgIpc) is 2.21. The summed E-state index contributed by atoms with van der Waals surface area (Å²) in [6, 6.07) is 6.03. The maximum absolute atomic E-state index is 11.9. The summed E-state index contributed by atoms with van der Waals surface area (Å²) in [4.78, 5) is 11.9. The van der Waals surface area contributed by atoms with Crippen LogP contribution in [0.3, 0.4) is 0 Å². The minimum absolute atomic E-state index is 0.0382. The van der Waals surface area contributed by atoms with Gasteiger partial charge in [-0.25, -0.2) is 0 Å². The Kier molecular flexibility index (Phi) is 4.29. The summed E-state index contributed by atoms with van der Waals surface area (Å²) in [5.74, 6) is 0.0382. The van der Waals surface area contributed by atoms with E-state index in [4.69, 9.17) is 0 Å². The monoisotopic (exact) mass is 234 g/mol. The average molecular weight is 234 g/mol. The van der Waals surface area contributed by atoms with Crippen LogP contribution in [0.15, 0.2) is 18.2 Å². The van der Waals surface area contributed by atoms with Gasteiger partial charge in [-0.05, 0) is 46.4 Å². The van der Waals surface area contributed by atoms with E-state index in [1.54, 1.807) is 0 Å². The van der Waals surface area contributed by atoms with Gasteiger partial charge in [0.2, 0.25) is 5.91 Å². The molecule has 1 aromatic rings. The molecule has 0 saturated carbocycles. The molecule has 2 N–H and O–H groups in total. The molecule has 0 spiro atoms. The molecule has 0 aliphatic heterocycles. The van der Waals surface area contributed by atoms with Crippen LogP contribution in [-0.2, 0) is 4.79 Å². The molecular weight excluding hydrogens is 212 g/mol. The fourth-order valence-corrected chi connectivity index (χ4v) is 1.64. The van der Waals surface area contributed by atoms with Gasteiger partial charge in [0, 0.05) is 17.6 Å². The van der Waals surface area contributed by atoms with Gasteiger partial charge < -0.3 is 10.6 Å². The van der Waals surface area contributed by atoms with Crippen molar-refractivity contribution in [3.05, 3.63) is 29.3 Å². The Balaban J connectivity index is 2.69. The minimum Gasteiger partial charge on any atom is -0.326 e. The lowest BCUT2D eigenvalue weighted by molar-refractivity contribution is -0.117. The Morgan fingerprint density at radius 3 is 2.47 bits per heavy atom. The first kappa shape index (κ1) is 13.7. The molecule has 3 heteroatoms. The number of nitrogens with one attached hydrogen (secondary N) is 2. The third-order valence-electron chi connectivity index (χ3n) is 2.94. The van der Waals surface area contributed by atoms with Crippen molar-refractivity contribution in [2.24, 2.45) is 0 Å². The van der Waals surface area contributed by atoms with E-state index in [1.807, 2.05) is 46.9 Å². The Morgan fingerprint density at radius 1 is 1.29 bits per heavy atom. The Labute approximate surface area is 104 Å². The molecular formula is C14H22N2O. The number of anilines is 1. The summed E-state index contributed by atoms with van der Waals surface area (Å²) in [5.41, 5.74) is 3.02. The van der Waals surface area contributed by atoms with Crippen molar-refractivity contribution in [1.29, 1.82) is 0 Å². The maximum Gasteiger partial charge on any atom is 0.226 e. The van der Waals surface area contributed by atoms with Crippen LogP contribution in [0.25, 0.3) is 0 Å². The number of amides is 1. The van der Waals surface area contributed by atoms with E-state index < -0.39 is 0 Å². The van der Waals surface area contributed by atoms with E-state index in [0.29, 0.717) is 6.42 Å². The van der Waals surface area contributed by atoms with Gasteiger partial charge in [-0.3, -0.25) is 4.79 Å². The van der Waals surface area contributed by atoms with Crippen molar-refractivity contribution in [3.63, 3.8) is 0 Å². The van der Waals surface area contributed by atoms with Gasteiger partial charge >= 0.3 is 0 Å². The van der Waals surface area contributed by atoms with Crippen molar-refractivity contribution in [1.82, 2.24) is 5.32 Å². The van der Waals surface area contributed by atoms with Crippen LogP contribution in [0.1, 0.15) is 31.4 Å². The SMILES string of the molecule is CNC(C)(C)CC(=O)Nc1ccc(C)cc1C. The van der Waals surface area contributed by atoms with Crippen LogP contribution in [0.5, 0.6) is 0 Å². The zero-order chi connectivity index (χ0) is 13.1. The van der Waals surface area contributed by atoms with E-state index in [9.17, 15) is 4.79 Å². The Hall–Kier alpha value is -1.35. The quantitative estimate of drug-likeness (QED) is 0.841. The Morgan fingerprint density at radius 2 is 1.94 bits per heavy atom. The summed E-state index contributed by atoms with van der Waals surface area (Å²) < 4.78 is 0. The lowest BCUT2D eigenvalue weighted by Gasteiger charge is -2.23.